The van der Waals surface area contributed by atoms with Crippen LogP contribution >= 0.6 is 31.9 Å². The van der Waals surface area contributed by atoms with Crippen LogP contribution in [0.25, 0.3) is 0 Å². The molecule has 0 unspecified atom stereocenters. The fourth-order valence-corrected chi connectivity index (χ4v) is 3.10. The highest BCUT2D eigenvalue weighted by atomic mass is 79.9. The average Bonchev–Trinajstić information content (AvgIpc) is 2.42. The van der Waals surface area contributed by atoms with Crippen molar-refractivity contribution < 1.29 is 4.74 Å². The summed E-state index contributed by atoms with van der Waals surface area (Å²) in [7, 11) is 0. The first-order valence-corrected chi connectivity index (χ1v) is 7.39. The number of ether oxygens (including phenoxy) is 1. The van der Waals surface area contributed by atoms with Crippen LogP contribution in [0.1, 0.15) is 12.5 Å². The van der Waals surface area contributed by atoms with Gasteiger partial charge in [-0.25, -0.2) is 9.97 Å². The minimum Gasteiger partial charge on any atom is -0.492 e. The molecule has 1 heterocycles. The van der Waals surface area contributed by atoms with Gasteiger partial charge < -0.3 is 10.1 Å². The number of halogens is 2. The van der Waals surface area contributed by atoms with Gasteiger partial charge in [0.05, 0.1) is 33.6 Å². The first kappa shape index (κ1) is 14.3. The topological polar surface area (TPSA) is 47.0 Å². The number of aromatic nitrogens is 2. The molecular weight excluding hydrogens is 374 g/mol. The molecule has 19 heavy (non-hydrogen) atoms. The molecule has 0 fully saturated rings. The standard InChI is InChI=1S/C13H13Br2N3O/c1-2-19-13-11(14)3-9(4-12(13)15)5-18-10-6-16-8-17-7-10/h3-4,6-8,18H,2,5H2,1H3. The Morgan fingerprint density at radius 1 is 1.16 bits per heavy atom. The summed E-state index contributed by atoms with van der Waals surface area (Å²) in [6.45, 7) is 3.29. The Bertz CT molecular complexity index is 526. The lowest BCUT2D eigenvalue weighted by atomic mass is 10.2. The quantitative estimate of drug-likeness (QED) is 0.843. The predicted molar refractivity (Wildman–Crippen MR) is 82.4 cm³/mol. The second-order valence-corrected chi connectivity index (χ2v) is 5.51. The Morgan fingerprint density at radius 2 is 1.79 bits per heavy atom. The van der Waals surface area contributed by atoms with Crippen LogP contribution in [-0.4, -0.2) is 16.6 Å². The Hall–Kier alpha value is -1.14. The highest BCUT2D eigenvalue weighted by Crippen LogP contribution is 2.34. The highest BCUT2D eigenvalue weighted by molar-refractivity contribution is 9.11. The Morgan fingerprint density at radius 3 is 2.37 bits per heavy atom. The molecule has 4 nitrogen and oxygen atoms in total. The van der Waals surface area contributed by atoms with Gasteiger partial charge in [0.2, 0.25) is 0 Å². The van der Waals surface area contributed by atoms with Crippen molar-refractivity contribution in [1.82, 2.24) is 9.97 Å². The lowest BCUT2D eigenvalue weighted by molar-refractivity contribution is 0.336. The summed E-state index contributed by atoms with van der Waals surface area (Å²) in [5.41, 5.74) is 2.02. The second-order valence-electron chi connectivity index (χ2n) is 3.80. The third-order valence-electron chi connectivity index (χ3n) is 2.40. The lowest BCUT2D eigenvalue weighted by Gasteiger charge is -2.11. The fourth-order valence-electron chi connectivity index (χ4n) is 1.59. The van der Waals surface area contributed by atoms with Crippen LogP contribution in [0.2, 0.25) is 0 Å². The normalized spacial score (nSPS) is 10.3. The molecule has 0 aliphatic rings. The van der Waals surface area contributed by atoms with Crippen LogP contribution in [0.4, 0.5) is 5.69 Å². The minimum absolute atomic E-state index is 0.635. The van der Waals surface area contributed by atoms with Crippen LogP contribution in [0.15, 0.2) is 39.8 Å². The number of hydrogen-bond acceptors (Lipinski definition) is 4. The maximum absolute atomic E-state index is 5.55. The fraction of sp³-hybridized carbons (Fsp3) is 0.231. The van der Waals surface area contributed by atoms with Gasteiger partial charge in [0, 0.05) is 6.54 Å². The van der Waals surface area contributed by atoms with Crippen molar-refractivity contribution in [2.75, 3.05) is 11.9 Å². The Kier molecular flexibility index (Phi) is 5.15. The van der Waals surface area contributed by atoms with Crippen LogP contribution in [0.3, 0.4) is 0 Å². The number of nitrogens with zero attached hydrogens (tertiary/aromatic N) is 2. The van der Waals surface area contributed by atoms with Gasteiger partial charge in [-0.05, 0) is 56.5 Å². The van der Waals surface area contributed by atoms with Crippen molar-refractivity contribution in [3.63, 3.8) is 0 Å². The van der Waals surface area contributed by atoms with Crippen molar-refractivity contribution >= 4 is 37.5 Å². The molecule has 0 saturated carbocycles. The third-order valence-corrected chi connectivity index (χ3v) is 3.58. The van der Waals surface area contributed by atoms with Crippen molar-refractivity contribution in [2.45, 2.75) is 13.5 Å². The smallest absolute Gasteiger partial charge is 0.147 e. The van der Waals surface area contributed by atoms with Crippen molar-refractivity contribution in [3.05, 3.63) is 45.4 Å². The molecule has 1 aromatic heterocycles. The molecule has 6 heteroatoms. The molecule has 2 rings (SSSR count). The monoisotopic (exact) mass is 385 g/mol. The van der Waals surface area contributed by atoms with Crippen LogP contribution < -0.4 is 10.1 Å². The highest BCUT2D eigenvalue weighted by Gasteiger charge is 2.08. The van der Waals surface area contributed by atoms with Crippen molar-refractivity contribution in [3.8, 4) is 5.75 Å². The van der Waals surface area contributed by atoms with E-state index in [-0.39, 0.29) is 0 Å². The summed E-state index contributed by atoms with van der Waals surface area (Å²) in [5, 5.41) is 3.26. The Labute approximate surface area is 128 Å². The Balaban J connectivity index is 2.09. The third kappa shape index (κ3) is 3.91. The molecule has 0 aliphatic carbocycles. The van der Waals surface area contributed by atoms with Gasteiger partial charge >= 0.3 is 0 Å². The SMILES string of the molecule is CCOc1c(Br)cc(CNc2cncnc2)cc1Br. The molecule has 0 atom stereocenters. The maximum atomic E-state index is 5.55. The van der Waals surface area contributed by atoms with Gasteiger partial charge in [-0.2, -0.15) is 0 Å². The van der Waals surface area contributed by atoms with E-state index in [1.807, 2.05) is 19.1 Å². The molecule has 1 N–H and O–H groups in total. The van der Waals surface area contributed by atoms with E-state index in [1.165, 1.54) is 6.33 Å². The molecule has 0 radical (unpaired) electrons. The van der Waals surface area contributed by atoms with Crippen molar-refractivity contribution in [2.24, 2.45) is 0 Å². The molecule has 0 bridgehead atoms. The van der Waals surface area contributed by atoms with E-state index in [4.69, 9.17) is 4.74 Å². The van der Waals surface area contributed by atoms with Gasteiger partial charge in [-0.15, -0.1) is 0 Å². The maximum Gasteiger partial charge on any atom is 0.147 e. The molecule has 1 aromatic carbocycles. The summed E-state index contributed by atoms with van der Waals surface area (Å²) in [4.78, 5) is 7.92. The van der Waals surface area contributed by atoms with Gasteiger partial charge in [0.15, 0.2) is 0 Å². The second kappa shape index (κ2) is 6.86. The van der Waals surface area contributed by atoms with Crippen LogP contribution in [0.5, 0.6) is 5.75 Å². The molecule has 0 amide bonds. The average molecular weight is 387 g/mol. The van der Waals surface area contributed by atoms with Crippen molar-refractivity contribution in [1.29, 1.82) is 0 Å². The number of rotatable bonds is 5. The molecule has 100 valence electrons. The van der Waals surface area contributed by atoms with Gasteiger partial charge in [0.25, 0.3) is 0 Å². The van der Waals surface area contributed by atoms with E-state index >= 15 is 0 Å². The molecule has 0 saturated heterocycles. The van der Waals surface area contributed by atoms with Gasteiger partial charge in [-0.1, -0.05) is 0 Å². The van der Waals surface area contributed by atoms with E-state index in [0.29, 0.717) is 13.2 Å². The summed E-state index contributed by atoms with van der Waals surface area (Å²) in [6, 6.07) is 4.07. The zero-order valence-corrected chi connectivity index (χ0v) is 13.5. The number of nitrogens with one attached hydrogen (secondary N) is 1. The zero-order valence-electron chi connectivity index (χ0n) is 10.4. The summed E-state index contributed by atoms with van der Waals surface area (Å²) >= 11 is 7.04. The number of benzene rings is 1. The van der Waals surface area contributed by atoms with Crippen LogP contribution in [-0.2, 0) is 6.54 Å². The minimum atomic E-state index is 0.635. The molecular formula is C13H13Br2N3O. The van der Waals surface area contributed by atoms with E-state index in [0.717, 1.165) is 25.9 Å². The number of anilines is 1. The van der Waals surface area contributed by atoms with E-state index < -0.39 is 0 Å². The summed E-state index contributed by atoms with van der Waals surface area (Å²) < 4.78 is 7.42. The van der Waals surface area contributed by atoms with E-state index in [2.05, 4.69) is 47.1 Å². The van der Waals surface area contributed by atoms with Gasteiger partial charge in [0.1, 0.15) is 12.1 Å². The van der Waals surface area contributed by atoms with Crippen LogP contribution in [0, 0.1) is 0 Å². The van der Waals surface area contributed by atoms with Gasteiger partial charge in [-0.3, -0.25) is 0 Å². The summed E-state index contributed by atoms with van der Waals surface area (Å²) in [6.07, 6.45) is 4.99. The number of hydrogen-bond donors (Lipinski definition) is 1. The molecule has 2 aromatic rings. The predicted octanol–water partition coefficient (Wildman–Crippen LogP) is 4.01. The zero-order chi connectivity index (χ0) is 13.7. The van der Waals surface area contributed by atoms with E-state index in [1.54, 1.807) is 12.4 Å². The summed E-state index contributed by atoms with van der Waals surface area (Å²) in [5.74, 6) is 0.828. The first-order valence-electron chi connectivity index (χ1n) is 5.80. The first-order chi connectivity index (χ1) is 9.20. The largest absolute Gasteiger partial charge is 0.492 e. The lowest BCUT2D eigenvalue weighted by Crippen LogP contribution is -2.01. The van der Waals surface area contributed by atoms with E-state index in [9.17, 15) is 0 Å². The molecule has 0 spiro atoms. The molecule has 0 aliphatic heterocycles.